The van der Waals surface area contributed by atoms with Gasteiger partial charge in [-0.05, 0) is 49.1 Å². The van der Waals surface area contributed by atoms with Gasteiger partial charge >= 0.3 is 0 Å². The lowest BCUT2D eigenvalue weighted by molar-refractivity contribution is 0.248. The van der Waals surface area contributed by atoms with Crippen LogP contribution >= 0.6 is 0 Å². The van der Waals surface area contributed by atoms with Crippen LogP contribution in [0.15, 0.2) is 30.5 Å². The summed E-state index contributed by atoms with van der Waals surface area (Å²) in [5, 5.41) is 0. The molecule has 0 atom stereocenters. The zero-order valence-corrected chi connectivity index (χ0v) is 22.5. The van der Waals surface area contributed by atoms with Crippen molar-refractivity contribution in [1.82, 2.24) is 9.97 Å². The molecule has 0 spiro atoms. The summed E-state index contributed by atoms with van der Waals surface area (Å²) in [6, 6.07) is 9.12. The molecule has 3 rings (SSSR count). The molecule has 0 radical (unpaired) electrons. The van der Waals surface area contributed by atoms with E-state index in [1.165, 1.54) is 119 Å². The van der Waals surface area contributed by atoms with Crippen LogP contribution in [0.3, 0.4) is 0 Å². The molecule has 0 unspecified atom stereocenters. The van der Waals surface area contributed by atoms with Gasteiger partial charge < -0.3 is 0 Å². The molecule has 34 heavy (non-hydrogen) atoms. The van der Waals surface area contributed by atoms with Crippen molar-refractivity contribution in [2.24, 2.45) is 11.8 Å². The fourth-order valence-corrected chi connectivity index (χ4v) is 5.70. The molecule has 1 saturated carbocycles. The zero-order chi connectivity index (χ0) is 24.0. The molecule has 2 heteroatoms. The van der Waals surface area contributed by atoms with E-state index in [1.807, 2.05) is 0 Å². The van der Waals surface area contributed by atoms with E-state index in [1.54, 1.807) is 0 Å². The predicted molar refractivity (Wildman–Crippen MR) is 147 cm³/mol. The SMILES string of the molecule is CCCCCCCCc1ccc(-c2cnc(CCC3CCC(CCCCC)CC3)nc2C)cc1. The third-order valence-electron chi connectivity index (χ3n) is 8.07. The maximum atomic E-state index is 4.90. The molecule has 0 saturated heterocycles. The fraction of sp³-hybridized carbons (Fsp3) is 0.688. The van der Waals surface area contributed by atoms with E-state index in [4.69, 9.17) is 9.97 Å². The van der Waals surface area contributed by atoms with Gasteiger partial charge in [0.15, 0.2) is 0 Å². The van der Waals surface area contributed by atoms with Gasteiger partial charge in [0.05, 0.1) is 0 Å². The number of nitrogens with zero attached hydrogens (tertiary/aromatic N) is 2. The molecule has 1 aromatic heterocycles. The van der Waals surface area contributed by atoms with Crippen molar-refractivity contribution in [3.05, 3.63) is 47.5 Å². The summed E-state index contributed by atoms with van der Waals surface area (Å²) in [5.74, 6) is 2.91. The van der Waals surface area contributed by atoms with Crippen molar-refractivity contribution in [2.75, 3.05) is 0 Å². The van der Waals surface area contributed by atoms with Gasteiger partial charge in [-0.2, -0.15) is 0 Å². The van der Waals surface area contributed by atoms with Crippen molar-refractivity contribution in [1.29, 1.82) is 0 Å². The van der Waals surface area contributed by atoms with E-state index < -0.39 is 0 Å². The first-order valence-electron chi connectivity index (χ1n) is 14.6. The number of rotatable bonds is 15. The van der Waals surface area contributed by atoms with E-state index in [9.17, 15) is 0 Å². The molecular formula is C32H50N2. The smallest absolute Gasteiger partial charge is 0.128 e. The summed E-state index contributed by atoms with van der Waals surface area (Å²) in [6.45, 7) is 6.73. The zero-order valence-electron chi connectivity index (χ0n) is 22.5. The van der Waals surface area contributed by atoms with E-state index >= 15 is 0 Å². The summed E-state index contributed by atoms with van der Waals surface area (Å²) in [4.78, 5) is 9.66. The van der Waals surface area contributed by atoms with Crippen molar-refractivity contribution in [3.63, 3.8) is 0 Å². The number of benzene rings is 1. The molecule has 0 bridgehead atoms. The van der Waals surface area contributed by atoms with Crippen molar-refractivity contribution in [2.45, 2.75) is 130 Å². The number of aromatic nitrogens is 2. The predicted octanol–water partition coefficient (Wildman–Crippen LogP) is 9.67. The summed E-state index contributed by atoms with van der Waals surface area (Å²) >= 11 is 0. The summed E-state index contributed by atoms with van der Waals surface area (Å²) < 4.78 is 0. The average Bonchev–Trinajstić information content (AvgIpc) is 2.86. The minimum atomic E-state index is 0.880. The minimum absolute atomic E-state index is 0.880. The Labute approximate surface area is 210 Å². The molecule has 0 aliphatic heterocycles. The summed E-state index contributed by atoms with van der Waals surface area (Å²) in [5.41, 5.74) is 5.00. The lowest BCUT2D eigenvalue weighted by Crippen LogP contribution is -2.15. The van der Waals surface area contributed by atoms with Crippen LogP contribution < -0.4 is 0 Å². The summed E-state index contributed by atoms with van der Waals surface area (Å²) in [7, 11) is 0. The second-order valence-corrected chi connectivity index (χ2v) is 10.9. The fourth-order valence-electron chi connectivity index (χ4n) is 5.70. The second kappa shape index (κ2) is 15.3. The monoisotopic (exact) mass is 462 g/mol. The van der Waals surface area contributed by atoms with Gasteiger partial charge in [0, 0.05) is 23.9 Å². The van der Waals surface area contributed by atoms with Crippen LogP contribution in [0.1, 0.15) is 127 Å². The Kier molecular flexibility index (Phi) is 12.1. The van der Waals surface area contributed by atoms with Crippen molar-refractivity contribution >= 4 is 0 Å². The third-order valence-corrected chi connectivity index (χ3v) is 8.07. The molecule has 1 fully saturated rings. The van der Waals surface area contributed by atoms with E-state index in [-0.39, 0.29) is 0 Å². The van der Waals surface area contributed by atoms with Gasteiger partial charge in [-0.15, -0.1) is 0 Å². The Balaban J connectivity index is 1.41. The minimum Gasteiger partial charge on any atom is -0.241 e. The lowest BCUT2D eigenvalue weighted by Gasteiger charge is -2.28. The molecule has 1 aliphatic carbocycles. The largest absolute Gasteiger partial charge is 0.241 e. The first-order valence-corrected chi connectivity index (χ1v) is 14.6. The number of aryl methyl sites for hydroxylation is 3. The van der Waals surface area contributed by atoms with E-state index in [0.717, 1.165) is 29.8 Å². The normalized spacial score (nSPS) is 18.3. The molecule has 0 amide bonds. The summed E-state index contributed by atoms with van der Waals surface area (Å²) in [6.07, 6.45) is 25.1. The van der Waals surface area contributed by atoms with Gasteiger partial charge in [0.2, 0.25) is 0 Å². The highest BCUT2D eigenvalue weighted by Gasteiger charge is 2.21. The van der Waals surface area contributed by atoms with Crippen LogP contribution in [0.5, 0.6) is 0 Å². The maximum Gasteiger partial charge on any atom is 0.128 e. The molecule has 1 heterocycles. The highest BCUT2D eigenvalue weighted by molar-refractivity contribution is 5.65. The number of hydrogen-bond acceptors (Lipinski definition) is 2. The van der Waals surface area contributed by atoms with Crippen LogP contribution in [-0.2, 0) is 12.8 Å². The van der Waals surface area contributed by atoms with Crippen LogP contribution in [0.2, 0.25) is 0 Å². The van der Waals surface area contributed by atoms with Gasteiger partial charge in [0.1, 0.15) is 5.82 Å². The van der Waals surface area contributed by atoms with Crippen LogP contribution in [0.4, 0.5) is 0 Å². The van der Waals surface area contributed by atoms with Crippen LogP contribution in [0, 0.1) is 18.8 Å². The number of hydrogen-bond donors (Lipinski definition) is 0. The van der Waals surface area contributed by atoms with Gasteiger partial charge in [0.25, 0.3) is 0 Å². The highest BCUT2D eigenvalue weighted by Crippen LogP contribution is 2.34. The lowest BCUT2D eigenvalue weighted by atomic mass is 9.78. The standard InChI is InChI=1S/C32H50N2/c1-4-6-8-9-10-12-14-28-19-22-30(23-20-28)31-25-33-32(34-26(31)3)24-21-29-17-15-27(16-18-29)13-11-7-5-2/h19-20,22-23,25,27,29H,4-18,21,24H2,1-3H3. The highest BCUT2D eigenvalue weighted by atomic mass is 14.9. The second-order valence-electron chi connectivity index (χ2n) is 10.9. The molecule has 0 N–H and O–H groups in total. The quantitative estimate of drug-likeness (QED) is 0.246. The third kappa shape index (κ3) is 9.16. The first kappa shape index (κ1) is 26.9. The Bertz CT molecular complexity index is 802. The van der Waals surface area contributed by atoms with Gasteiger partial charge in [-0.3, -0.25) is 0 Å². The molecule has 2 nitrogen and oxygen atoms in total. The maximum absolute atomic E-state index is 4.90. The molecular weight excluding hydrogens is 412 g/mol. The topological polar surface area (TPSA) is 25.8 Å². The van der Waals surface area contributed by atoms with E-state index in [2.05, 4.69) is 51.2 Å². The Hall–Kier alpha value is -1.70. The molecule has 188 valence electrons. The molecule has 1 aromatic carbocycles. The number of unbranched alkanes of at least 4 members (excludes halogenated alkanes) is 7. The first-order chi connectivity index (χ1) is 16.7. The van der Waals surface area contributed by atoms with Crippen molar-refractivity contribution in [3.8, 4) is 11.1 Å². The van der Waals surface area contributed by atoms with Gasteiger partial charge in [-0.1, -0.05) is 122 Å². The van der Waals surface area contributed by atoms with Crippen LogP contribution in [-0.4, -0.2) is 9.97 Å². The van der Waals surface area contributed by atoms with Crippen molar-refractivity contribution < 1.29 is 0 Å². The average molecular weight is 463 g/mol. The molecule has 1 aliphatic rings. The van der Waals surface area contributed by atoms with E-state index in [0.29, 0.717) is 0 Å². The van der Waals surface area contributed by atoms with Gasteiger partial charge in [-0.25, -0.2) is 9.97 Å². The van der Waals surface area contributed by atoms with Crippen LogP contribution in [0.25, 0.3) is 11.1 Å². The Morgan fingerprint density at radius 3 is 2.00 bits per heavy atom. The Morgan fingerprint density at radius 1 is 0.706 bits per heavy atom. The Morgan fingerprint density at radius 2 is 1.32 bits per heavy atom. The molecule has 2 aromatic rings.